The minimum atomic E-state index is -4.74. The average Bonchev–Trinajstić information content (AvgIpc) is 2.75. The topological polar surface area (TPSA) is 40.0 Å². The number of anilines is 1. The van der Waals surface area contributed by atoms with Crippen molar-refractivity contribution in [2.45, 2.75) is 13.1 Å². The lowest BCUT2D eigenvalue weighted by Gasteiger charge is -2.27. The molecule has 1 aliphatic rings. The van der Waals surface area contributed by atoms with E-state index in [1.54, 1.807) is 48.5 Å². The summed E-state index contributed by atoms with van der Waals surface area (Å²) in [6.07, 6.45) is -4.74. The highest BCUT2D eigenvalue weighted by atomic mass is 35.5. The number of aliphatic imine (C=N–C) groups is 1. The van der Waals surface area contributed by atoms with Crippen LogP contribution in [0.4, 0.5) is 18.9 Å². The normalized spacial score (nSPS) is 15.1. The number of hydrogen-bond donors (Lipinski definition) is 1. The highest BCUT2D eigenvalue weighted by Gasteiger charge is 2.43. The number of nitrogens with zero attached hydrogens (tertiary/aromatic N) is 3. The maximum atomic E-state index is 13.7. The van der Waals surface area contributed by atoms with E-state index in [1.807, 2.05) is 6.92 Å². The van der Waals surface area contributed by atoms with E-state index >= 15 is 0 Å². The summed E-state index contributed by atoms with van der Waals surface area (Å²) in [5, 5.41) is 4.12. The molecule has 0 aromatic heterocycles. The number of aryl methyl sites for hydroxylation is 1. The summed E-state index contributed by atoms with van der Waals surface area (Å²) in [7, 11) is 0. The minimum absolute atomic E-state index is 0.00134. The molecule has 0 saturated heterocycles. The summed E-state index contributed by atoms with van der Waals surface area (Å²) in [5.41, 5.74) is 3.96. The molecule has 1 N–H and O–H groups in total. The molecule has 0 spiro atoms. The van der Waals surface area contributed by atoms with E-state index in [-0.39, 0.29) is 16.6 Å². The summed E-state index contributed by atoms with van der Waals surface area (Å²) < 4.78 is 41.2. The number of benzene rings is 2. The van der Waals surface area contributed by atoms with Crippen molar-refractivity contribution in [3.05, 3.63) is 64.7 Å². The van der Waals surface area contributed by atoms with Gasteiger partial charge in [0.2, 0.25) is 10.9 Å². The number of alkyl halides is 3. The van der Waals surface area contributed by atoms with E-state index in [1.165, 1.54) is 0 Å². The first kappa shape index (κ1) is 18.3. The number of thiocarbonyl (C=S) groups is 1. The van der Waals surface area contributed by atoms with Crippen molar-refractivity contribution in [3.63, 3.8) is 0 Å². The van der Waals surface area contributed by atoms with Crippen LogP contribution >= 0.6 is 23.8 Å². The van der Waals surface area contributed by atoms with E-state index in [0.717, 1.165) is 10.5 Å². The lowest BCUT2D eigenvalue weighted by molar-refractivity contribution is -0.0594. The van der Waals surface area contributed by atoms with Crippen LogP contribution in [0.1, 0.15) is 11.1 Å². The zero-order valence-corrected chi connectivity index (χ0v) is 15.0. The molecule has 0 atom stereocenters. The molecular weight excluding hydrogens is 385 g/mol. The van der Waals surface area contributed by atoms with Crippen molar-refractivity contribution in [2.24, 2.45) is 10.1 Å². The van der Waals surface area contributed by atoms with Crippen molar-refractivity contribution < 1.29 is 13.2 Å². The first-order chi connectivity index (χ1) is 12.3. The van der Waals surface area contributed by atoms with Gasteiger partial charge in [0.15, 0.2) is 5.84 Å². The molecule has 0 aliphatic carbocycles. The van der Waals surface area contributed by atoms with Crippen LogP contribution in [0.15, 0.2) is 58.6 Å². The van der Waals surface area contributed by atoms with Crippen molar-refractivity contribution in [1.29, 1.82) is 0 Å². The van der Waals surface area contributed by atoms with Gasteiger partial charge in [-0.15, -0.1) is 0 Å². The second-order valence-corrected chi connectivity index (χ2v) is 6.29. The molecule has 9 heteroatoms. The molecule has 0 amide bonds. The molecule has 1 heterocycles. The third-order valence-corrected chi connectivity index (χ3v) is 3.97. The molecule has 1 aliphatic heterocycles. The van der Waals surface area contributed by atoms with Gasteiger partial charge in [0.25, 0.3) is 0 Å². The first-order valence-electron chi connectivity index (χ1n) is 7.42. The molecule has 0 radical (unpaired) electrons. The van der Waals surface area contributed by atoms with E-state index in [2.05, 4.69) is 15.5 Å². The number of amidine groups is 2. The predicted molar refractivity (Wildman–Crippen MR) is 101 cm³/mol. The molecule has 26 heavy (non-hydrogen) atoms. The van der Waals surface area contributed by atoms with Gasteiger partial charge in [0.1, 0.15) is 0 Å². The van der Waals surface area contributed by atoms with Gasteiger partial charge in [0.05, 0.1) is 0 Å². The van der Waals surface area contributed by atoms with Gasteiger partial charge in [-0.3, -0.25) is 4.90 Å². The number of nitrogens with one attached hydrogen (secondary N) is 1. The first-order valence-corrected chi connectivity index (χ1v) is 8.20. The van der Waals surface area contributed by atoms with Crippen LogP contribution in [-0.2, 0) is 0 Å². The Morgan fingerprint density at radius 3 is 2.23 bits per heavy atom. The average molecular weight is 397 g/mol. The molecule has 2 aromatic carbocycles. The highest BCUT2D eigenvalue weighted by molar-refractivity contribution is 7.80. The zero-order valence-electron chi connectivity index (χ0n) is 13.4. The second-order valence-electron chi connectivity index (χ2n) is 5.46. The number of halogens is 4. The van der Waals surface area contributed by atoms with Crippen LogP contribution < -0.4 is 10.3 Å². The van der Waals surface area contributed by atoms with Crippen LogP contribution in [0.25, 0.3) is 0 Å². The highest BCUT2D eigenvalue weighted by Crippen LogP contribution is 2.28. The molecule has 4 nitrogen and oxygen atoms in total. The smallest absolute Gasteiger partial charge is 0.273 e. The van der Waals surface area contributed by atoms with Crippen molar-refractivity contribution in [1.82, 2.24) is 5.43 Å². The standard InChI is InChI=1S/C17H12ClF3N4S/c1-10-2-8-13(9-3-10)25-14(11-4-6-12(18)7-5-11)23-24-16(26)22-15(25)17(19,20)21/h2-9H,1H3,(H,24,26). The third kappa shape index (κ3) is 3.86. The number of hydrogen-bond acceptors (Lipinski definition) is 3. The maximum absolute atomic E-state index is 13.7. The summed E-state index contributed by atoms with van der Waals surface area (Å²) in [6, 6.07) is 12.8. The fourth-order valence-corrected chi connectivity index (χ4v) is 2.60. The van der Waals surface area contributed by atoms with E-state index in [4.69, 9.17) is 23.8 Å². The quantitative estimate of drug-likeness (QED) is 0.750. The van der Waals surface area contributed by atoms with Gasteiger partial charge in [-0.1, -0.05) is 29.3 Å². The summed E-state index contributed by atoms with van der Waals surface area (Å²) in [4.78, 5) is 4.44. The summed E-state index contributed by atoms with van der Waals surface area (Å²) >= 11 is 10.7. The Kier molecular flexibility index (Phi) is 4.97. The van der Waals surface area contributed by atoms with Crippen molar-refractivity contribution in [3.8, 4) is 0 Å². The van der Waals surface area contributed by atoms with Gasteiger partial charge in [-0.05, 0) is 55.5 Å². The molecule has 0 saturated carbocycles. The Labute approximate surface area is 158 Å². The van der Waals surface area contributed by atoms with Crippen LogP contribution in [0, 0.1) is 6.92 Å². The Morgan fingerprint density at radius 2 is 1.65 bits per heavy atom. The molecule has 3 rings (SSSR count). The largest absolute Gasteiger partial charge is 0.450 e. The van der Waals surface area contributed by atoms with Gasteiger partial charge in [-0.25, -0.2) is 5.43 Å². The zero-order chi connectivity index (χ0) is 18.9. The molecule has 2 aromatic rings. The fraction of sp³-hybridized carbons (Fsp3) is 0.118. The Hall–Kier alpha value is -2.45. The monoisotopic (exact) mass is 396 g/mol. The maximum Gasteiger partial charge on any atom is 0.450 e. The predicted octanol–water partition coefficient (Wildman–Crippen LogP) is 4.67. The Morgan fingerprint density at radius 1 is 1.04 bits per heavy atom. The fourth-order valence-electron chi connectivity index (χ4n) is 2.34. The molecular formula is C17H12ClF3N4S. The van der Waals surface area contributed by atoms with E-state index in [0.29, 0.717) is 10.6 Å². The Bertz CT molecular complexity index is 890. The number of rotatable bonds is 2. The molecule has 134 valence electrons. The lowest BCUT2D eigenvalue weighted by Crippen LogP contribution is -2.45. The summed E-state index contributed by atoms with van der Waals surface area (Å²) in [5.74, 6) is -1.17. The number of hydrazone groups is 1. The Balaban J connectivity index is 2.22. The van der Waals surface area contributed by atoms with Gasteiger partial charge >= 0.3 is 6.18 Å². The van der Waals surface area contributed by atoms with E-state index in [9.17, 15) is 13.2 Å². The molecule has 0 fully saturated rings. The van der Waals surface area contributed by atoms with Gasteiger partial charge < -0.3 is 0 Å². The van der Waals surface area contributed by atoms with Crippen LogP contribution in [-0.4, -0.2) is 23.0 Å². The second kappa shape index (κ2) is 7.05. The van der Waals surface area contributed by atoms with Crippen molar-refractivity contribution in [2.75, 3.05) is 4.90 Å². The van der Waals surface area contributed by atoms with Crippen molar-refractivity contribution >= 4 is 46.3 Å². The van der Waals surface area contributed by atoms with E-state index < -0.39 is 12.0 Å². The van der Waals surface area contributed by atoms with Crippen LogP contribution in [0.3, 0.4) is 0 Å². The lowest BCUT2D eigenvalue weighted by atomic mass is 10.1. The minimum Gasteiger partial charge on any atom is -0.273 e. The van der Waals surface area contributed by atoms with Crippen LogP contribution in [0.5, 0.6) is 0 Å². The molecule has 0 bridgehead atoms. The van der Waals surface area contributed by atoms with Gasteiger partial charge in [-0.2, -0.15) is 23.3 Å². The SMILES string of the molecule is Cc1ccc(N2C(c3ccc(Cl)cc3)=NNC(=S)N=C2C(F)(F)F)cc1. The molecule has 0 unspecified atom stereocenters. The third-order valence-electron chi connectivity index (χ3n) is 3.54. The van der Waals surface area contributed by atoms with Crippen LogP contribution in [0.2, 0.25) is 5.02 Å². The summed E-state index contributed by atoms with van der Waals surface area (Å²) in [6.45, 7) is 1.84. The van der Waals surface area contributed by atoms with Gasteiger partial charge in [0, 0.05) is 16.3 Å².